The van der Waals surface area contributed by atoms with Crippen molar-refractivity contribution in [3.63, 3.8) is 0 Å². The summed E-state index contributed by atoms with van der Waals surface area (Å²) in [7, 11) is 0. The van der Waals surface area contributed by atoms with Gasteiger partial charge in [0, 0.05) is 29.3 Å². The van der Waals surface area contributed by atoms with Crippen molar-refractivity contribution < 1.29 is 9.53 Å². The van der Waals surface area contributed by atoms with Gasteiger partial charge in [-0.3, -0.25) is 9.69 Å². The molecule has 0 fully saturated rings. The molecule has 3 heterocycles. The van der Waals surface area contributed by atoms with Crippen LogP contribution in [0.2, 0.25) is 0 Å². The van der Waals surface area contributed by atoms with E-state index in [1.807, 2.05) is 69.0 Å². The van der Waals surface area contributed by atoms with Gasteiger partial charge in [-0.2, -0.15) is 9.78 Å². The fourth-order valence-corrected chi connectivity index (χ4v) is 5.05. The molecule has 184 valence electrons. The standard InChI is InChI=1S/C29H31N5O2/c1-6-36-24-12-10-23(11-13-24)25-16-26(35)33(17-22-9-7-8-18(2)14-22)28-27(25)21(5)32-34(28)29-30-19(3)15-20(4)31-29/h7-15,25H,6,16-17H2,1-5H3/t25-/m0/s1. The van der Waals surface area contributed by atoms with Crippen LogP contribution in [0.5, 0.6) is 5.75 Å². The molecular formula is C29H31N5O2. The van der Waals surface area contributed by atoms with Gasteiger partial charge in [-0.15, -0.1) is 0 Å². The van der Waals surface area contributed by atoms with Crippen molar-refractivity contribution in [1.29, 1.82) is 0 Å². The molecule has 1 atom stereocenters. The molecule has 0 saturated carbocycles. The molecule has 0 saturated heterocycles. The average Bonchev–Trinajstić information content (AvgIpc) is 3.18. The quantitative estimate of drug-likeness (QED) is 0.371. The van der Waals surface area contributed by atoms with E-state index < -0.39 is 0 Å². The maximum absolute atomic E-state index is 13.7. The van der Waals surface area contributed by atoms with E-state index in [1.54, 1.807) is 4.68 Å². The first-order valence-corrected chi connectivity index (χ1v) is 12.3. The van der Waals surface area contributed by atoms with Crippen molar-refractivity contribution in [3.8, 4) is 11.7 Å². The van der Waals surface area contributed by atoms with Gasteiger partial charge in [-0.1, -0.05) is 42.0 Å². The number of hydrogen-bond donors (Lipinski definition) is 0. The second-order valence-electron chi connectivity index (χ2n) is 9.41. The number of fused-ring (bicyclic) bond motifs is 1. The van der Waals surface area contributed by atoms with Crippen LogP contribution in [0.15, 0.2) is 54.6 Å². The Bertz CT molecular complexity index is 1400. The Morgan fingerprint density at radius 3 is 2.36 bits per heavy atom. The van der Waals surface area contributed by atoms with Crippen LogP contribution in [0, 0.1) is 27.7 Å². The minimum atomic E-state index is -0.114. The first-order chi connectivity index (χ1) is 17.3. The molecule has 5 rings (SSSR count). The van der Waals surface area contributed by atoms with Crippen LogP contribution in [0.4, 0.5) is 5.82 Å². The summed E-state index contributed by atoms with van der Waals surface area (Å²) in [6.45, 7) is 11.0. The maximum Gasteiger partial charge on any atom is 0.252 e. The topological polar surface area (TPSA) is 73.1 Å². The lowest BCUT2D eigenvalue weighted by Crippen LogP contribution is -2.38. The van der Waals surface area contributed by atoms with Crippen molar-refractivity contribution in [3.05, 3.63) is 93.9 Å². The lowest BCUT2D eigenvalue weighted by Gasteiger charge is -2.33. The molecule has 0 spiro atoms. The first kappa shape index (κ1) is 23.7. The Hall–Kier alpha value is -4.00. The van der Waals surface area contributed by atoms with E-state index in [2.05, 4.69) is 35.1 Å². The van der Waals surface area contributed by atoms with Crippen LogP contribution in [0.3, 0.4) is 0 Å². The number of rotatable bonds is 6. The molecular weight excluding hydrogens is 450 g/mol. The second kappa shape index (κ2) is 9.57. The van der Waals surface area contributed by atoms with Gasteiger partial charge in [0.15, 0.2) is 0 Å². The Labute approximate surface area is 211 Å². The van der Waals surface area contributed by atoms with Gasteiger partial charge in [0.2, 0.25) is 5.91 Å². The number of amides is 1. The summed E-state index contributed by atoms with van der Waals surface area (Å²) in [5.74, 6) is 1.98. The third kappa shape index (κ3) is 4.49. The number of nitrogens with zero attached hydrogens (tertiary/aromatic N) is 5. The second-order valence-corrected chi connectivity index (χ2v) is 9.41. The Morgan fingerprint density at radius 1 is 0.972 bits per heavy atom. The van der Waals surface area contributed by atoms with Crippen molar-refractivity contribution in [1.82, 2.24) is 19.7 Å². The number of aryl methyl sites for hydroxylation is 4. The number of carbonyl (C=O) groups excluding carboxylic acids is 1. The summed E-state index contributed by atoms with van der Waals surface area (Å²) in [5, 5.41) is 4.88. The average molecular weight is 482 g/mol. The van der Waals surface area contributed by atoms with E-state index in [1.165, 1.54) is 0 Å². The minimum absolute atomic E-state index is 0.0495. The molecule has 0 radical (unpaired) electrons. The lowest BCUT2D eigenvalue weighted by atomic mass is 9.85. The number of benzene rings is 2. The van der Waals surface area contributed by atoms with Crippen LogP contribution in [-0.4, -0.2) is 32.3 Å². The normalized spacial score (nSPS) is 15.2. The molecule has 0 unspecified atom stereocenters. The van der Waals surface area contributed by atoms with Crippen LogP contribution in [0.1, 0.15) is 58.6 Å². The van der Waals surface area contributed by atoms with Crippen LogP contribution in [0.25, 0.3) is 5.95 Å². The summed E-state index contributed by atoms with van der Waals surface area (Å²) in [6.07, 6.45) is 0.368. The zero-order valence-electron chi connectivity index (χ0n) is 21.4. The van der Waals surface area contributed by atoms with E-state index in [4.69, 9.17) is 9.84 Å². The van der Waals surface area contributed by atoms with E-state index in [0.717, 1.165) is 50.9 Å². The van der Waals surface area contributed by atoms with Gasteiger partial charge in [0.1, 0.15) is 11.6 Å². The fourth-order valence-electron chi connectivity index (χ4n) is 5.05. The number of aromatic nitrogens is 4. The zero-order valence-corrected chi connectivity index (χ0v) is 21.4. The molecule has 2 aromatic heterocycles. The fraction of sp³-hybridized carbons (Fsp3) is 0.310. The highest BCUT2D eigenvalue weighted by Crippen LogP contribution is 2.43. The van der Waals surface area contributed by atoms with Crippen molar-refractivity contribution in [2.45, 2.75) is 53.5 Å². The van der Waals surface area contributed by atoms with Crippen LogP contribution in [-0.2, 0) is 11.3 Å². The van der Waals surface area contributed by atoms with Crippen molar-refractivity contribution >= 4 is 11.7 Å². The van der Waals surface area contributed by atoms with Gasteiger partial charge in [-0.25, -0.2) is 9.97 Å². The largest absolute Gasteiger partial charge is 0.494 e. The predicted molar refractivity (Wildman–Crippen MR) is 140 cm³/mol. The summed E-state index contributed by atoms with van der Waals surface area (Å²) in [4.78, 5) is 24.9. The monoisotopic (exact) mass is 481 g/mol. The molecule has 1 aliphatic heterocycles. The smallest absolute Gasteiger partial charge is 0.252 e. The molecule has 4 aromatic rings. The molecule has 2 aromatic carbocycles. The highest BCUT2D eigenvalue weighted by Gasteiger charge is 2.38. The predicted octanol–water partition coefficient (Wildman–Crippen LogP) is 5.36. The van der Waals surface area contributed by atoms with Gasteiger partial charge in [0.25, 0.3) is 5.95 Å². The van der Waals surface area contributed by atoms with Gasteiger partial charge < -0.3 is 4.74 Å². The van der Waals surface area contributed by atoms with Crippen molar-refractivity contribution in [2.24, 2.45) is 0 Å². The Kier molecular flexibility index (Phi) is 6.31. The summed E-state index contributed by atoms with van der Waals surface area (Å²) in [5.41, 5.74) is 6.91. The summed E-state index contributed by atoms with van der Waals surface area (Å²) >= 11 is 0. The zero-order chi connectivity index (χ0) is 25.4. The van der Waals surface area contributed by atoms with Crippen molar-refractivity contribution in [2.75, 3.05) is 11.5 Å². The Morgan fingerprint density at radius 2 is 1.69 bits per heavy atom. The number of anilines is 1. The van der Waals surface area contributed by atoms with Gasteiger partial charge in [0.05, 0.1) is 18.8 Å². The first-order valence-electron chi connectivity index (χ1n) is 12.3. The lowest BCUT2D eigenvalue weighted by molar-refractivity contribution is -0.119. The van der Waals surface area contributed by atoms with E-state index in [9.17, 15) is 4.79 Å². The molecule has 0 N–H and O–H groups in total. The van der Waals surface area contributed by atoms with Gasteiger partial charge >= 0.3 is 0 Å². The Balaban J connectivity index is 1.67. The highest BCUT2D eigenvalue weighted by atomic mass is 16.5. The number of hydrogen-bond acceptors (Lipinski definition) is 5. The molecule has 1 aliphatic rings. The highest BCUT2D eigenvalue weighted by molar-refractivity contribution is 5.97. The van der Waals surface area contributed by atoms with Gasteiger partial charge in [-0.05, 0) is 63.9 Å². The molecule has 7 nitrogen and oxygen atoms in total. The summed E-state index contributed by atoms with van der Waals surface area (Å²) < 4.78 is 7.38. The minimum Gasteiger partial charge on any atom is -0.494 e. The molecule has 0 bridgehead atoms. The maximum atomic E-state index is 13.7. The van der Waals surface area contributed by atoms with Crippen LogP contribution >= 0.6 is 0 Å². The molecule has 1 amide bonds. The molecule has 7 heteroatoms. The molecule has 36 heavy (non-hydrogen) atoms. The van der Waals surface area contributed by atoms with E-state index >= 15 is 0 Å². The third-order valence-electron chi connectivity index (χ3n) is 6.54. The third-order valence-corrected chi connectivity index (χ3v) is 6.54. The SMILES string of the molecule is CCOc1ccc([C@@H]2CC(=O)N(Cc3cccc(C)c3)c3c2c(C)nn3-c2nc(C)cc(C)n2)cc1. The number of carbonyl (C=O) groups is 1. The van der Waals surface area contributed by atoms with E-state index in [0.29, 0.717) is 25.5 Å². The van der Waals surface area contributed by atoms with Crippen LogP contribution < -0.4 is 9.64 Å². The molecule has 0 aliphatic carbocycles. The number of ether oxygens (including phenoxy) is 1. The summed E-state index contributed by atoms with van der Waals surface area (Å²) in [6, 6.07) is 18.2. The van der Waals surface area contributed by atoms with E-state index in [-0.39, 0.29) is 11.8 Å².